The lowest BCUT2D eigenvalue weighted by Crippen LogP contribution is -2.38. The first-order valence-electron chi connectivity index (χ1n) is 6.59. The van der Waals surface area contributed by atoms with Crippen LogP contribution in [0, 0.1) is 5.92 Å². The maximum atomic E-state index is 12.0. The first-order chi connectivity index (χ1) is 10.0. The van der Waals surface area contributed by atoms with Crippen molar-refractivity contribution in [3.8, 4) is 5.75 Å². The number of benzene rings is 1. The van der Waals surface area contributed by atoms with E-state index in [2.05, 4.69) is 21.2 Å². The monoisotopic (exact) mass is 356 g/mol. The third kappa shape index (κ3) is 3.87. The van der Waals surface area contributed by atoms with Gasteiger partial charge in [0.25, 0.3) is 0 Å². The van der Waals surface area contributed by atoms with Crippen molar-refractivity contribution >= 4 is 27.9 Å². The largest absolute Gasteiger partial charge is 0.496 e. The van der Waals surface area contributed by atoms with Crippen molar-refractivity contribution in [3.63, 3.8) is 0 Å². The van der Waals surface area contributed by atoms with Crippen LogP contribution in [0.3, 0.4) is 0 Å². The summed E-state index contributed by atoms with van der Waals surface area (Å²) in [5.74, 6) is -0.613. The second kappa shape index (κ2) is 6.80. The molecule has 1 heterocycles. The normalized spacial score (nSPS) is 17.6. The number of rotatable bonds is 4. The second-order valence-corrected chi connectivity index (χ2v) is 5.80. The molecule has 1 atom stereocenters. The Balaban J connectivity index is 1.93. The van der Waals surface area contributed by atoms with E-state index in [0.717, 1.165) is 10.0 Å². The number of likely N-dealkylation sites (tertiary alicyclic amines) is 1. The lowest BCUT2D eigenvalue weighted by Gasteiger charge is -2.17. The zero-order chi connectivity index (χ0) is 15.4. The van der Waals surface area contributed by atoms with Crippen molar-refractivity contribution in [2.24, 2.45) is 5.92 Å². The number of carbonyl (C=O) groups excluding carboxylic acids is 1. The van der Waals surface area contributed by atoms with Gasteiger partial charge in [0.05, 0.1) is 13.0 Å². The molecule has 7 heteroatoms. The van der Waals surface area contributed by atoms with Crippen LogP contribution in [0.5, 0.6) is 5.75 Å². The number of hydrogen-bond donors (Lipinski definition) is 2. The van der Waals surface area contributed by atoms with Gasteiger partial charge in [0.1, 0.15) is 5.75 Å². The summed E-state index contributed by atoms with van der Waals surface area (Å²) in [6.45, 7) is 1.06. The van der Waals surface area contributed by atoms with Gasteiger partial charge < -0.3 is 20.1 Å². The van der Waals surface area contributed by atoms with Gasteiger partial charge in [-0.2, -0.15) is 0 Å². The SMILES string of the molecule is COc1ccc(Br)cc1CNC(=O)N1CCC(C(=O)O)C1. The molecule has 1 fully saturated rings. The molecule has 0 aromatic heterocycles. The number of hydrogen-bond acceptors (Lipinski definition) is 3. The number of halogens is 1. The van der Waals surface area contributed by atoms with Crippen LogP contribution < -0.4 is 10.1 Å². The molecule has 1 unspecified atom stereocenters. The van der Waals surface area contributed by atoms with Gasteiger partial charge in [0.2, 0.25) is 0 Å². The van der Waals surface area contributed by atoms with Crippen molar-refractivity contribution in [1.29, 1.82) is 0 Å². The van der Waals surface area contributed by atoms with Crippen LogP contribution in [0.1, 0.15) is 12.0 Å². The van der Waals surface area contributed by atoms with E-state index in [1.165, 1.54) is 4.90 Å². The lowest BCUT2D eigenvalue weighted by atomic mass is 10.1. The maximum Gasteiger partial charge on any atom is 0.317 e. The molecule has 2 amide bonds. The fraction of sp³-hybridized carbons (Fsp3) is 0.429. The molecule has 0 aliphatic carbocycles. The molecule has 1 aliphatic heterocycles. The van der Waals surface area contributed by atoms with Crippen LogP contribution in [-0.2, 0) is 11.3 Å². The number of aliphatic carboxylic acids is 1. The highest BCUT2D eigenvalue weighted by molar-refractivity contribution is 9.10. The topological polar surface area (TPSA) is 78.9 Å². The average Bonchev–Trinajstić information content (AvgIpc) is 2.95. The third-order valence-corrected chi connectivity index (χ3v) is 3.99. The van der Waals surface area contributed by atoms with Gasteiger partial charge >= 0.3 is 12.0 Å². The molecule has 2 N–H and O–H groups in total. The van der Waals surface area contributed by atoms with Crippen LogP contribution in [0.25, 0.3) is 0 Å². The highest BCUT2D eigenvalue weighted by atomic mass is 79.9. The Labute approximate surface area is 131 Å². The fourth-order valence-electron chi connectivity index (χ4n) is 2.31. The van der Waals surface area contributed by atoms with E-state index in [1.807, 2.05) is 18.2 Å². The molecular weight excluding hydrogens is 340 g/mol. The summed E-state index contributed by atoms with van der Waals surface area (Å²) in [5, 5.41) is 11.7. The standard InChI is InChI=1S/C14H17BrN2O4/c1-21-12-3-2-11(15)6-10(12)7-16-14(20)17-5-4-9(8-17)13(18)19/h2-3,6,9H,4-5,7-8H2,1H3,(H,16,20)(H,18,19). The minimum atomic E-state index is -0.848. The van der Waals surface area contributed by atoms with E-state index in [0.29, 0.717) is 25.3 Å². The molecule has 0 radical (unpaired) electrons. The smallest absolute Gasteiger partial charge is 0.317 e. The van der Waals surface area contributed by atoms with Crippen LogP contribution in [0.15, 0.2) is 22.7 Å². The first-order valence-corrected chi connectivity index (χ1v) is 7.38. The number of urea groups is 1. The molecule has 21 heavy (non-hydrogen) atoms. The van der Waals surface area contributed by atoms with Gasteiger partial charge in [-0.25, -0.2) is 4.79 Å². The van der Waals surface area contributed by atoms with Gasteiger partial charge in [0.15, 0.2) is 0 Å². The van der Waals surface area contributed by atoms with Crippen LogP contribution in [0.4, 0.5) is 4.79 Å². The molecule has 0 saturated carbocycles. The van der Waals surface area contributed by atoms with E-state index >= 15 is 0 Å². The molecule has 1 aromatic carbocycles. The average molecular weight is 357 g/mol. The summed E-state index contributed by atoms with van der Waals surface area (Å²) in [6, 6.07) is 5.31. The quantitative estimate of drug-likeness (QED) is 0.865. The molecule has 1 saturated heterocycles. The maximum absolute atomic E-state index is 12.0. The minimum absolute atomic E-state index is 0.249. The van der Waals surface area contributed by atoms with E-state index in [4.69, 9.17) is 9.84 Å². The summed E-state index contributed by atoms with van der Waals surface area (Å²) in [6.07, 6.45) is 0.503. The van der Waals surface area contributed by atoms with Crippen LogP contribution in [0.2, 0.25) is 0 Å². The Morgan fingerprint density at radius 2 is 2.29 bits per heavy atom. The highest BCUT2D eigenvalue weighted by Crippen LogP contribution is 2.23. The zero-order valence-corrected chi connectivity index (χ0v) is 13.2. The number of nitrogens with one attached hydrogen (secondary N) is 1. The molecule has 6 nitrogen and oxygen atoms in total. The Morgan fingerprint density at radius 3 is 2.90 bits per heavy atom. The van der Waals surface area contributed by atoms with Gasteiger partial charge in [0, 0.05) is 29.7 Å². The van der Waals surface area contributed by atoms with Crippen molar-refractivity contribution in [3.05, 3.63) is 28.2 Å². The number of carbonyl (C=O) groups is 2. The molecule has 0 bridgehead atoms. The van der Waals surface area contributed by atoms with E-state index in [1.54, 1.807) is 7.11 Å². The zero-order valence-electron chi connectivity index (χ0n) is 11.6. The molecule has 1 aromatic rings. The molecule has 0 spiro atoms. The predicted octanol–water partition coefficient (Wildman–Crippen LogP) is 2.07. The first kappa shape index (κ1) is 15.6. The summed E-state index contributed by atoms with van der Waals surface area (Å²) in [5.41, 5.74) is 0.856. The number of nitrogens with zero attached hydrogens (tertiary/aromatic N) is 1. The summed E-state index contributed by atoms with van der Waals surface area (Å²) < 4.78 is 6.15. The number of methoxy groups -OCH3 is 1. The summed E-state index contributed by atoms with van der Waals surface area (Å²) >= 11 is 3.38. The number of ether oxygens (including phenoxy) is 1. The Bertz CT molecular complexity index is 550. The van der Waals surface area contributed by atoms with Crippen LogP contribution >= 0.6 is 15.9 Å². The predicted molar refractivity (Wildman–Crippen MR) is 80.2 cm³/mol. The van der Waals surface area contributed by atoms with Crippen molar-refractivity contribution in [1.82, 2.24) is 10.2 Å². The van der Waals surface area contributed by atoms with Gasteiger partial charge in [-0.3, -0.25) is 4.79 Å². The van der Waals surface area contributed by atoms with Gasteiger partial charge in [-0.15, -0.1) is 0 Å². The third-order valence-electron chi connectivity index (χ3n) is 3.50. The van der Waals surface area contributed by atoms with Crippen molar-refractivity contribution in [2.45, 2.75) is 13.0 Å². The molecule has 114 valence electrons. The van der Waals surface area contributed by atoms with Crippen LogP contribution in [-0.4, -0.2) is 42.2 Å². The summed E-state index contributed by atoms with van der Waals surface area (Å²) in [4.78, 5) is 24.5. The van der Waals surface area contributed by atoms with Crippen molar-refractivity contribution < 1.29 is 19.4 Å². The Kier molecular flexibility index (Phi) is 5.06. The Morgan fingerprint density at radius 1 is 1.52 bits per heavy atom. The molecule has 2 rings (SSSR count). The number of amides is 2. The van der Waals surface area contributed by atoms with E-state index in [-0.39, 0.29) is 12.6 Å². The molecular formula is C14H17BrN2O4. The van der Waals surface area contributed by atoms with E-state index in [9.17, 15) is 9.59 Å². The highest BCUT2D eigenvalue weighted by Gasteiger charge is 2.30. The summed E-state index contributed by atoms with van der Waals surface area (Å²) in [7, 11) is 1.58. The number of carboxylic acids is 1. The molecule has 1 aliphatic rings. The van der Waals surface area contributed by atoms with Crippen molar-refractivity contribution in [2.75, 3.05) is 20.2 Å². The lowest BCUT2D eigenvalue weighted by molar-refractivity contribution is -0.141. The van der Waals surface area contributed by atoms with E-state index < -0.39 is 11.9 Å². The number of carboxylic acid groups (broad SMARTS) is 1. The second-order valence-electron chi connectivity index (χ2n) is 4.88. The van der Waals surface area contributed by atoms with Gasteiger partial charge in [-0.1, -0.05) is 15.9 Å². The Hall–Kier alpha value is -1.76. The van der Waals surface area contributed by atoms with Gasteiger partial charge in [-0.05, 0) is 24.6 Å². The minimum Gasteiger partial charge on any atom is -0.496 e. The fourth-order valence-corrected chi connectivity index (χ4v) is 2.72.